The molecule has 0 amide bonds. The first kappa shape index (κ1) is 17.9. The van der Waals surface area contributed by atoms with Gasteiger partial charge in [0.15, 0.2) is 0 Å². The Morgan fingerprint density at radius 1 is 1.12 bits per heavy atom. The van der Waals surface area contributed by atoms with E-state index in [1.165, 1.54) is 59.9 Å². The normalized spacial score (nSPS) is 22.8. The second kappa shape index (κ2) is 7.66. The van der Waals surface area contributed by atoms with Crippen LogP contribution in [0.25, 0.3) is 0 Å². The van der Waals surface area contributed by atoms with Crippen molar-refractivity contribution in [2.45, 2.75) is 54.9 Å². The molecule has 2 unspecified atom stereocenters. The number of likely N-dealkylation sites (N-methyl/N-ethyl adjacent to an activating group) is 1. The van der Waals surface area contributed by atoms with Gasteiger partial charge in [0.05, 0.1) is 5.69 Å². The molecule has 0 saturated carbocycles. The van der Waals surface area contributed by atoms with Gasteiger partial charge in [-0.25, -0.2) is 0 Å². The maximum absolute atomic E-state index is 2.69. The molecule has 0 bridgehead atoms. The first-order valence-electron chi connectivity index (χ1n) is 10.00. The number of rotatable bonds is 4. The lowest BCUT2D eigenvalue weighted by Gasteiger charge is -2.27. The van der Waals surface area contributed by atoms with E-state index in [4.69, 9.17) is 0 Å². The molecule has 26 heavy (non-hydrogen) atoms. The summed E-state index contributed by atoms with van der Waals surface area (Å²) in [5.41, 5.74) is 4.37. The van der Waals surface area contributed by atoms with E-state index in [1.807, 2.05) is 11.8 Å². The van der Waals surface area contributed by atoms with Gasteiger partial charge in [0.25, 0.3) is 0 Å². The molecular formula is C23H30N2S. The average Bonchev–Trinajstić information content (AvgIpc) is 2.79. The molecule has 0 aromatic heterocycles. The number of fused-ring (bicyclic) bond motifs is 3. The minimum absolute atomic E-state index is 0.655. The smallest absolute Gasteiger partial charge is 0.0544 e. The van der Waals surface area contributed by atoms with Crippen molar-refractivity contribution < 1.29 is 0 Å². The summed E-state index contributed by atoms with van der Waals surface area (Å²) < 4.78 is 0. The second-order valence-electron chi connectivity index (χ2n) is 7.84. The van der Waals surface area contributed by atoms with Gasteiger partial charge in [0, 0.05) is 35.3 Å². The number of anilines is 1. The largest absolute Gasteiger partial charge is 0.370 e. The van der Waals surface area contributed by atoms with E-state index in [1.54, 1.807) is 5.56 Å². The van der Waals surface area contributed by atoms with Gasteiger partial charge in [0.1, 0.15) is 0 Å². The molecule has 2 aliphatic rings. The molecule has 0 radical (unpaired) electrons. The molecule has 4 rings (SSSR count). The summed E-state index contributed by atoms with van der Waals surface area (Å²) in [6.07, 6.45) is 3.88. The van der Waals surface area contributed by atoms with Crippen molar-refractivity contribution in [3.05, 3.63) is 53.6 Å². The zero-order chi connectivity index (χ0) is 18.1. The number of nitrogens with zero attached hydrogens (tertiary/aromatic N) is 2. The van der Waals surface area contributed by atoms with Crippen LogP contribution in [0, 0.1) is 6.92 Å². The van der Waals surface area contributed by atoms with Gasteiger partial charge in [-0.1, -0.05) is 48.5 Å². The standard InChI is InChI=1S/C23H30N2S/c1-4-14-25-15-6-8-21-20(16-25)19-7-5-9-22(23(19)24(21)3)26-18-12-10-17(2)11-13-18/h5,7,9-13,20-21H,4,6,8,14-16H2,1-3H3. The van der Waals surface area contributed by atoms with Crippen LogP contribution in [0.15, 0.2) is 52.3 Å². The summed E-state index contributed by atoms with van der Waals surface area (Å²) in [5, 5.41) is 0. The molecule has 0 aliphatic carbocycles. The van der Waals surface area contributed by atoms with Crippen LogP contribution < -0.4 is 4.90 Å². The van der Waals surface area contributed by atoms with E-state index in [9.17, 15) is 0 Å². The maximum atomic E-state index is 2.69. The molecule has 2 aromatic carbocycles. The molecule has 2 nitrogen and oxygen atoms in total. The van der Waals surface area contributed by atoms with Crippen molar-refractivity contribution in [3.8, 4) is 0 Å². The average molecular weight is 367 g/mol. The number of likely N-dealkylation sites (tertiary alicyclic amines) is 1. The zero-order valence-electron chi connectivity index (χ0n) is 16.2. The zero-order valence-corrected chi connectivity index (χ0v) is 17.1. The van der Waals surface area contributed by atoms with Gasteiger partial charge in [-0.3, -0.25) is 0 Å². The van der Waals surface area contributed by atoms with Crippen molar-refractivity contribution in [1.82, 2.24) is 4.90 Å². The fourth-order valence-electron chi connectivity index (χ4n) is 4.70. The summed E-state index contributed by atoms with van der Waals surface area (Å²) >= 11 is 1.91. The highest BCUT2D eigenvalue weighted by Gasteiger charge is 2.39. The SMILES string of the molecule is CCCN1CCCC2C(C1)c1cccc(Sc3ccc(C)cc3)c1N2C. The number of para-hydroxylation sites is 1. The highest BCUT2D eigenvalue weighted by molar-refractivity contribution is 7.99. The lowest BCUT2D eigenvalue weighted by molar-refractivity contribution is 0.272. The van der Waals surface area contributed by atoms with Crippen molar-refractivity contribution in [3.63, 3.8) is 0 Å². The Balaban J connectivity index is 1.65. The van der Waals surface area contributed by atoms with E-state index in [-0.39, 0.29) is 0 Å². The van der Waals surface area contributed by atoms with E-state index in [0.717, 1.165) is 0 Å². The van der Waals surface area contributed by atoms with E-state index < -0.39 is 0 Å². The molecule has 2 heterocycles. The van der Waals surface area contributed by atoms with Crippen LogP contribution in [0.3, 0.4) is 0 Å². The van der Waals surface area contributed by atoms with Crippen LogP contribution in [-0.2, 0) is 0 Å². The Labute approximate surface area is 162 Å². The molecule has 2 aromatic rings. The molecule has 0 spiro atoms. The molecule has 1 fully saturated rings. The van der Waals surface area contributed by atoms with Gasteiger partial charge < -0.3 is 9.80 Å². The minimum atomic E-state index is 0.655. The van der Waals surface area contributed by atoms with Crippen LogP contribution in [0.1, 0.15) is 43.2 Å². The molecule has 1 saturated heterocycles. The van der Waals surface area contributed by atoms with Gasteiger partial charge >= 0.3 is 0 Å². The third-order valence-electron chi connectivity index (χ3n) is 5.96. The monoisotopic (exact) mass is 366 g/mol. The number of hydrogen-bond donors (Lipinski definition) is 0. The van der Waals surface area contributed by atoms with Crippen molar-refractivity contribution in [1.29, 1.82) is 0 Å². The van der Waals surface area contributed by atoms with E-state index >= 15 is 0 Å². The van der Waals surface area contributed by atoms with Crippen molar-refractivity contribution >= 4 is 17.4 Å². The fourth-order valence-corrected chi connectivity index (χ4v) is 5.73. The van der Waals surface area contributed by atoms with Crippen LogP contribution in [-0.4, -0.2) is 37.6 Å². The Kier molecular flexibility index (Phi) is 5.28. The van der Waals surface area contributed by atoms with Gasteiger partial charge in [-0.05, 0) is 63.0 Å². The van der Waals surface area contributed by atoms with Crippen molar-refractivity contribution in [2.75, 3.05) is 31.6 Å². The molecule has 0 N–H and O–H groups in total. The maximum Gasteiger partial charge on any atom is 0.0544 e. The lowest BCUT2D eigenvalue weighted by Crippen LogP contribution is -2.34. The Hall–Kier alpha value is -1.45. The summed E-state index contributed by atoms with van der Waals surface area (Å²) in [6, 6.07) is 16.5. The molecular weight excluding hydrogens is 336 g/mol. The van der Waals surface area contributed by atoms with Crippen LogP contribution >= 0.6 is 11.8 Å². The Bertz CT molecular complexity index is 755. The minimum Gasteiger partial charge on any atom is -0.370 e. The predicted octanol–water partition coefficient (Wildman–Crippen LogP) is 5.55. The number of aryl methyl sites for hydroxylation is 1. The van der Waals surface area contributed by atoms with Crippen molar-refractivity contribution in [2.24, 2.45) is 0 Å². The highest BCUT2D eigenvalue weighted by atomic mass is 32.2. The second-order valence-corrected chi connectivity index (χ2v) is 8.95. The Morgan fingerprint density at radius 3 is 2.69 bits per heavy atom. The van der Waals surface area contributed by atoms with Crippen LogP contribution in [0.5, 0.6) is 0 Å². The quantitative estimate of drug-likeness (QED) is 0.700. The number of hydrogen-bond acceptors (Lipinski definition) is 3. The lowest BCUT2D eigenvalue weighted by atomic mass is 9.93. The topological polar surface area (TPSA) is 6.48 Å². The van der Waals surface area contributed by atoms with Crippen LogP contribution in [0.4, 0.5) is 5.69 Å². The van der Waals surface area contributed by atoms with Crippen LogP contribution in [0.2, 0.25) is 0 Å². The third kappa shape index (κ3) is 3.39. The number of benzene rings is 2. The fraction of sp³-hybridized carbons (Fsp3) is 0.478. The van der Waals surface area contributed by atoms with Gasteiger partial charge in [-0.15, -0.1) is 0 Å². The third-order valence-corrected chi connectivity index (χ3v) is 7.02. The first-order valence-corrected chi connectivity index (χ1v) is 10.8. The summed E-state index contributed by atoms with van der Waals surface area (Å²) in [6.45, 7) is 8.17. The molecule has 138 valence electrons. The molecule has 2 atom stereocenters. The van der Waals surface area contributed by atoms with E-state index in [0.29, 0.717) is 12.0 Å². The summed E-state index contributed by atoms with van der Waals surface area (Å²) in [4.78, 5) is 8.01. The summed E-state index contributed by atoms with van der Waals surface area (Å²) in [5.74, 6) is 0.655. The summed E-state index contributed by atoms with van der Waals surface area (Å²) in [7, 11) is 2.32. The molecule has 2 aliphatic heterocycles. The molecule has 3 heteroatoms. The first-order chi connectivity index (χ1) is 12.7. The van der Waals surface area contributed by atoms with Gasteiger partial charge in [-0.2, -0.15) is 0 Å². The highest BCUT2D eigenvalue weighted by Crippen LogP contribution is 2.49. The van der Waals surface area contributed by atoms with E-state index in [2.05, 4.69) is 73.2 Å². The predicted molar refractivity (Wildman–Crippen MR) is 113 cm³/mol. The van der Waals surface area contributed by atoms with Gasteiger partial charge in [0.2, 0.25) is 0 Å². The Morgan fingerprint density at radius 2 is 1.92 bits per heavy atom.